The van der Waals surface area contributed by atoms with Gasteiger partial charge in [-0.1, -0.05) is 44.2 Å². The molecule has 0 radical (unpaired) electrons. The quantitative estimate of drug-likeness (QED) is 0.259. The Hall–Kier alpha value is -3.51. The Labute approximate surface area is 228 Å². The Bertz CT molecular complexity index is 1330. The van der Waals surface area contributed by atoms with Gasteiger partial charge in [-0.2, -0.15) is 0 Å². The molecule has 39 heavy (non-hydrogen) atoms. The number of nitrogens with zero attached hydrogens (tertiary/aromatic N) is 1. The molecule has 12 heteroatoms. The number of benzene rings is 2. The van der Waals surface area contributed by atoms with Crippen molar-refractivity contribution in [1.82, 2.24) is 10.0 Å². The van der Waals surface area contributed by atoms with Crippen molar-refractivity contribution in [2.45, 2.75) is 62.8 Å². The molecule has 2 amide bonds. The number of aryl methyl sites for hydroxylation is 1. The van der Waals surface area contributed by atoms with Gasteiger partial charge in [-0.05, 0) is 61.7 Å². The summed E-state index contributed by atoms with van der Waals surface area (Å²) in [6.07, 6.45) is 5.55. The highest BCUT2D eigenvalue weighted by atomic mass is 32.2. The molecule has 1 fully saturated rings. The fraction of sp³-hybridized carbons (Fsp3) is 0.444. The number of hydrogen-bond acceptors (Lipinski definition) is 6. The zero-order valence-electron chi connectivity index (χ0n) is 22.4. The van der Waals surface area contributed by atoms with E-state index < -0.39 is 33.7 Å². The first-order valence-corrected chi connectivity index (χ1v) is 14.3. The van der Waals surface area contributed by atoms with E-state index in [-0.39, 0.29) is 28.9 Å². The zero-order valence-corrected chi connectivity index (χ0v) is 23.2. The van der Waals surface area contributed by atoms with Gasteiger partial charge in [-0.25, -0.2) is 22.5 Å². The van der Waals surface area contributed by atoms with Gasteiger partial charge in [0.1, 0.15) is 6.04 Å². The van der Waals surface area contributed by atoms with Gasteiger partial charge in [0.2, 0.25) is 21.8 Å². The fourth-order valence-electron chi connectivity index (χ4n) is 4.58. The summed E-state index contributed by atoms with van der Waals surface area (Å²) in [6.45, 7) is 1.75. The van der Waals surface area contributed by atoms with Crippen LogP contribution in [-0.4, -0.2) is 46.4 Å². The molecule has 0 heterocycles. The van der Waals surface area contributed by atoms with Crippen molar-refractivity contribution in [3.05, 3.63) is 53.3 Å². The van der Waals surface area contributed by atoms with Crippen LogP contribution in [0.15, 0.2) is 46.3 Å². The highest BCUT2D eigenvalue weighted by Gasteiger charge is 2.26. The van der Waals surface area contributed by atoms with Crippen LogP contribution in [0.2, 0.25) is 0 Å². The summed E-state index contributed by atoms with van der Waals surface area (Å²) in [5, 5.41) is 5.30. The number of ether oxygens (including phenoxy) is 1. The molecular formula is C27H36FN5O5S. The zero-order chi connectivity index (χ0) is 28.6. The second-order valence-electron chi connectivity index (χ2n) is 9.64. The molecule has 0 aromatic heterocycles. The number of sulfonamides is 1. The first-order chi connectivity index (χ1) is 18.5. The summed E-state index contributed by atoms with van der Waals surface area (Å²) in [5.74, 6) is -1.40. The van der Waals surface area contributed by atoms with Crippen molar-refractivity contribution in [3.63, 3.8) is 0 Å². The van der Waals surface area contributed by atoms with E-state index in [1.807, 2.05) is 0 Å². The Balaban J connectivity index is 1.78. The molecule has 5 N–H and O–H groups in total. The number of amides is 2. The molecule has 0 saturated heterocycles. The number of anilines is 1. The van der Waals surface area contributed by atoms with E-state index in [0.29, 0.717) is 23.2 Å². The van der Waals surface area contributed by atoms with Crippen molar-refractivity contribution in [1.29, 1.82) is 0 Å². The Morgan fingerprint density at radius 2 is 1.87 bits per heavy atom. The molecular weight excluding hydrogens is 525 g/mol. The summed E-state index contributed by atoms with van der Waals surface area (Å²) in [5.41, 5.74) is 7.57. The Morgan fingerprint density at radius 3 is 2.54 bits per heavy atom. The smallest absolute Gasteiger partial charge is 0.249 e. The standard InChI is InChI=1S/C27H36FN5O5S/c1-17-9-11-20(39(36,37)30-2)16-22(17)31-26(35)23(13-18-7-5-4-6-8-18)32-27(29)33-25(34)15-19-10-12-21(28)24(14-19)38-3/h9-12,14,16,18,23,30H,4-8,13,15H2,1-3H3,(H,31,35)(H3,29,32,33,34)/t23-/m1/s1. The maximum Gasteiger partial charge on any atom is 0.249 e. The van der Waals surface area contributed by atoms with Crippen LogP contribution < -0.4 is 25.8 Å². The highest BCUT2D eigenvalue weighted by molar-refractivity contribution is 7.89. The van der Waals surface area contributed by atoms with Crippen molar-refractivity contribution < 1.29 is 27.1 Å². The second-order valence-corrected chi connectivity index (χ2v) is 11.5. The van der Waals surface area contributed by atoms with E-state index in [9.17, 15) is 22.4 Å². The van der Waals surface area contributed by atoms with Crippen molar-refractivity contribution >= 4 is 33.5 Å². The summed E-state index contributed by atoms with van der Waals surface area (Å²) >= 11 is 0. The molecule has 0 aliphatic heterocycles. The van der Waals surface area contributed by atoms with Crippen molar-refractivity contribution in [2.24, 2.45) is 16.6 Å². The lowest BCUT2D eigenvalue weighted by atomic mass is 9.84. The van der Waals surface area contributed by atoms with Crippen LogP contribution in [0.1, 0.15) is 49.7 Å². The largest absolute Gasteiger partial charge is 0.494 e. The molecule has 0 bridgehead atoms. The third-order valence-electron chi connectivity index (χ3n) is 6.77. The lowest BCUT2D eigenvalue weighted by molar-refractivity contribution is -0.119. The van der Waals surface area contributed by atoms with Crippen LogP contribution in [-0.2, 0) is 26.0 Å². The number of methoxy groups -OCH3 is 1. The maximum absolute atomic E-state index is 13.7. The molecule has 1 atom stereocenters. The second kappa shape index (κ2) is 13.5. The lowest BCUT2D eigenvalue weighted by Gasteiger charge is -2.25. The minimum absolute atomic E-state index is 0.0161. The third kappa shape index (κ3) is 8.49. The number of carbonyl (C=O) groups is 2. The summed E-state index contributed by atoms with van der Waals surface area (Å²) in [4.78, 5) is 30.3. The van der Waals surface area contributed by atoms with Gasteiger partial charge in [0.05, 0.1) is 18.4 Å². The molecule has 0 unspecified atom stereocenters. The normalized spacial score (nSPS) is 15.4. The Morgan fingerprint density at radius 1 is 1.15 bits per heavy atom. The van der Waals surface area contributed by atoms with Crippen LogP contribution in [0.4, 0.5) is 10.1 Å². The monoisotopic (exact) mass is 561 g/mol. The van der Waals surface area contributed by atoms with Crippen LogP contribution in [0.3, 0.4) is 0 Å². The summed E-state index contributed by atoms with van der Waals surface area (Å²) in [7, 11) is -1.06. The van der Waals surface area contributed by atoms with Crippen molar-refractivity contribution in [3.8, 4) is 5.75 Å². The number of nitrogens with two attached hydrogens (primary N) is 1. The Kier molecular flexibility index (Phi) is 10.4. The van der Waals surface area contributed by atoms with Gasteiger partial charge in [0.25, 0.3) is 0 Å². The van der Waals surface area contributed by atoms with Gasteiger partial charge in [-0.3, -0.25) is 14.9 Å². The predicted octanol–water partition coefficient (Wildman–Crippen LogP) is 3.00. The average Bonchev–Trinajstić information content (AvgIpc) is 2.91. The molecule has 212 valence electrons. The van der Waals surface area contributed by atoms with Gasteiger partial charge in [0, 0.05) is 5.69 Å². The van der Waals surface area contributed by atoms with E-state index >= 15 is 0 Å². The first-order valence-electron chi connectivity index (χ1n) is 12.8. The molecule has 1 aliphatic carbocycles. The minimum atomic E-state index is -3.71. The van der Waals surface area contributed by atoms with Crippen LogP contribution >= 0.6 is 0 Å². The average molecular weight is 562 g/mol. The minimum Gasteiger partial charge on any atom is -0.494 e. The molecule has 2 aromatic rings. The number of aliphatic imine (C=N–C) groups is 1. The number of hydrogen-bond donors (Lipinski definition) is 4. The fourth-order valence-corrected chi connectivity index (χ4v) is 5.34. The summed E-state index contributed by atoms with van der Waals surface area (Å²) < 4.78 is 45.4. The first kappa shape index (κ1) is 30.0. The predicted molar refractivity (Wildman–Crippen MR) is 147 cm³/mol. The number of guanidine groups is 1. The van der Waals surface area contributed by atoms with E-state index in [2.05, 4.69) is 20.3 Å². The number of halogens is 1. The third-order valence-corrected chi connectivity index (χ3v) is 8.18. The highest BCUT2D eigenvalue weighted by Crippen LogP contribution is 2.29. The molecule has 3 rings (SSSR count). The van der Waals surface area contributed by atoms with Gasteiger partial charge in [0.15, 0.2) is 17.5 Å². The molecule has 1 aliphatic rings. The van der Waals surface area contributed by atoms with Gasteiger partial charge < -0.3 is 15.8 Å². The number of carbonyl (C=O) groups excluding carboxylic acids is 2. The lowest BCUT2D eigenvalue weighted by Crippen LogP contribution is -2.40. The molecule has 10 nitrogen and oxygen atoms in total. The van der Waals surface area contributed by atoms with E-state index in [4.69, 9.17) is 10.5 Å². The summed E-state index contributed by atoms with van der Waals surface area (Å²) in [6, 6.07) is 7.66. The van der Waals surface area contributed by atoms with Gasteiger partial charge in [-0.15, -0.1) is 0 Å². The van der Waals surface area contributed by atoms with E-state index in [0.717, 1.165) is 32.1 Å². The molecule has 2 aromatic carbocycles. The van der Waals surface area contributed by atoms with Crippen LogP contribution in [0.5, 0.6) is 5.75 Å². The van der Waals surface area contributed by atoms with Crippen LogP contribution in [0.25, 0.3) is 0 Å². The molecule has 0 spiro atoms. The van der Waals surface area contributed by atoms with E-state index in [1.165, 1.54) is 44.5 Å². The maximum atomic E-state index is 13.7. The number of rotatable bonds is 10. The SMILES string of the molecule is CNS(=O)(=O)c1ccc(C)c(NC(=O)[C@@H](CC2CCCCC2)N=C(N)NC(=O)Cc2ccc(F)c(OC)c2)c1. The van der Waals surface area contributed by atoms with Crippen LogP contribution in [0, 0.1) is 18.7 Å². The molecule has 1 saturated carbocycles. The number of nitrogens with one attached hydrogen (secondary N) is 3. The van der Waals surface area contributed by atoms with Crippen molar-refractivity contribution in [2.75, 3.05) is 19.5 Å². The van der Waals surface area contributed by atoms with E-state index in [1.54, 1.807) is 13.0 Å². The van der Waals surface area contributed by atoms with Gasteiger partial charge >= 0.3 is 0 Å². The topological polar surface area (TPSA) is 152 Å².